The minimum atomic E-state index is 0.239. The molecule has 0 radical (unpaired) electrons. The van der Waals surface area contributed by atoms with Gasteiger partial charge in [0.2, 0.25) is 0 Å². The summed E-state index contributed by atoms with van der Waals surface area (Å²) in [4.78, 5) is 2.21. The van der Waals surface area contributed by atoms with Gasteiger partial charge < -0.3 is 15.4 Å². The van der Waals surface area contributed by atoms with Crippen LogP contribution >= 0.6 is 0 Å². The Morgan fingerprint density at radius 2 is 2.27 bits per heavy atom. The van der Waals surface area contributed by atoms with Gasteiger partial charge in [-0.3, -0.25) is 4.68 Å². The van der Waals surface area contributed by atoms with Crippen LogP contribution in [0.5, 0.6) is 0 Å². The molecule has 1 aromatic heterocycles. The molecule has 0 aromatic carbocycles. The number of morpholine rings is 1. The fourth-order valence-electron chi connectivity index (χ4n) is 1.92. The number of aryl methyl sites for hydroxylation is 1. The van der Waals surface area contributed by atoms with Crippen molar-refractivity contribution in [2.24, 2.45) is 7.05 Å². The number of hydrogen-bond donors (Lipinski definition) is 1. The molecule has 5 heteroatoms. The number of nitrogen functional groups attached to an aromatic ring is 1. The molecular formula is C10H18N4O. The third-order valence-electron chi connectivity index (χ3n) is 2.72. The second-order valence-corrected chi connectivity index (χ2v) is 4.23. The summed E-state index contributed by atoms with van der Waals surface area (Å²) in [5.74, 6) is 0.875. The molecule has 0 amide bonds. The molecule has 0 saturated carbocycles. The number of nitrogens with two attached hydrogens (primary N) is 1. The van der Waals surface area contributed by atoms with Crippen molar-refractivity contribution in [3.05, 3.63) is 6.20 Å². The molecule has 5 nitrogen and oxygen atoms in total. The van der Waals surface area contributed by atoms with E-state index in [1.54, 1.807) is 4.68 Å². The van der Waals surface area contributed by atoms with Crippen LogP contribution in [-0.2, 0) is 11.8 Å². The van der Waals surface area contributed by atoms with Crippen molar-refractivity contribution in [1.29, 1.82) is 0 Å². The highest BCUT2D eigenvalue weighted by Gasteiger charge is 2.26. The Morgan fingerprint density at radius 3 is 2.87 bits per heavy atom. The minimum absolute atomic E-state index is 0.239. The highest BCUT2D eigenvalue weighted by Crippen LogP contribution is 2.25. The standard InChI is InChI=1S/C10H18N4O/c1-7-6-15-8(2)4-14(7)10-9(11)5-13(3)12-10/h5,7-8H,4,6,11H2,1-3H3. The third kappa shape index (κ3) is 1.92. The van der Waals surface area contributed by atoms with Crippen LogP contribution < -0.4 is 10.6 Å². The van der Waals surface area contributed by atoms with Gasteiger partial charge in [0.05, 0.1) is 24.4 Å². The van der Waals surface area contributed by atoms with Crippen molar-refractivity contribution in [3.63, 3.8) is 0 Å². The van der Waals surface area contributed by atoms with E-state index in [1.165, 1.54) is 0 Å². The van der Waals surface area contributed by atoms with E-state index in [2.05, 4.69) is 23.8 Å². The third-order valence-corrected chi connectivity index (χ3v) is 2.72. The molecule has 0 aliphatic carbocycles. The maximum Gasteiger partial charge on any atom is 0.174 e. The predicted molar refractivity (Wildman–Crippen MR) is 59.8 cm³/mol. The van der Waals surface area contributed by atoms with Crippen LogP contribution in [0, 0.1) is 0 Å². The van der Waals surface area contributed by atoms with E-state index < -0.39 is 0 Å². The van der Waals surface area contributed by atoms with Crippen molar-refractivity contribution in [2.45, 2.75) is 26.0 Å². The molecule has 2 rings (SSSR count). The lowest BCUT2D eigenvalue weighted by Gasteiger charge is -2.37. The first-order chi connectivity index (χ1) is 7.08. The summed E-state index contributed by atoms with van der Waals surface area (Å²) in [6.45, 7) is 5.78. The summed E-state index contributed by atoms with van der Waals surface area (Å²) in [6.07, 6.45) is 2.07. The van der Waals surface area contributed by atoms with Gasteiger partial charge in [-0.25, -0.2) is 0 Å². The van der Waals surface area contributed by atoms with E-state index in [0.717, 1.165) is 24.7 Å². The predicted octanol–water partition coefficient (Wildman–Crippen LogP) is 0.616. The largest absolute Gasteiger partial charge is 0.394 e. The highest BCUT2D eigenvalue weighted by molar-refractivity contribution is 5.62. The molecule has 1 aliphatic rings. The summed E-state index contributed by atoms with van der Waals surface area (Å²) in [6, 6.07) is 0.332. The van der Waals surface area contributed by atoms with Gasteiger partial charge in [-0.05, 0) is 13.8 Å². The molecule has 15 heavy (non-hydrogen) atoms. The molecule has 2 unspecified atom stereocenters. The monoisotopic (exact) mass is 210 g/mol. The average Bonchev–Trinajstić information content (AvgIpc) is 2.50. The van der Waals surface area contributed by atoms with Crippen LogP contribution in [0.3, 0.4) is 0 Å². The second-order valence-electron chi connectivity index (χ2n) is 4.23. The van der Waals surface area contributed by atoms with Crippen molar-refractivity contribution in [2.75, 3.05) is 23.8 Å². The Kier molecular flexibility index (Phi) is 2.56. The summed E-state index contributed by atoms with van der Waals surface area (Å²) in [5.41, 5.74) is 6.65. The van der Waals surface area contributed by atoms with Gasteiger partial charge in [0.25, 0.3) is 0 Å². The summed E-state index contributed by atoms with van der Waals surface area (Å²) < 4.78 is 7.32. The molecule has 2 heterocycles. The van der Waals surface area contributed by atoms with Gasteiger partial charge in [0.1, 0.15) is 0 Å². The summed E-state index contributed by atoms with van der Waals surface area (Å²) in [5, 5.41) is 4.38. The molecule has 1 fully saturated rings. The first-order valence-electron chi connectivity index (χ1n) is 5.25. The maximum absolute atomic E-state index is 5.91. The molecule has 0 spiro atoms. The molecular weight excluding hydrogens is 192 g/mol. The van der Waals surface area contributed by atoms with Crippen LogP contribution in [0.4, 0.5) is 11.5 Å². The fraction of sp³-hybridized carbons (Fsp3) is 0.700. The van der Waals surface area contributed by atoms with Gasteiger partial charge in [0, 0.05) is 19.8 Å². The van der Waals surface area contributed by atoms with E-state index in [0.29, 0.717) is 6.04 Å². The van der Waals surface area contributed by atoms with E-state index in [-0.39, 0.29) is 6.10 Å². The topological polar surface area (TPSA) is 56.3 Å². The zero-order chi connectivity index (χ0) is 11.0. The normalized spacial score (nSPS) is 27.0. The Balaban J connectivity index is 2.24. The van der Waals surface area contributed by atoms with Crippen molar-refractivity contribution >= 4 is 11.5 Å². The van der Waals surface area contributed by atoms with E-state index in [9.17, 15) is 0 Å². The Morgan fingerprint density at radius 1 is 1.53 bits per heavy atom. The quantitative estimate of drug-likeness (QED) is 0.738. The number of rotatable bonds is 1. The minimum Gasteiger partial charge on any atom is -0.394 e. The fourth-order valence-corrected chi connectivity index (χ4v) is 1.92. The lowest BCUT2D eigenvalue weighted by molar-refractivity contribution is 0.0340. The van der Waals surface area contributed by atoms with Crippen molar-refractivity contribution in [3.8, 4) is 0 Å². The van der Waals surface area contributed by atoms with Gasteiger partial charge in [-0.1, -0.05) is 0 Å². The second kappa shape index (κ2) is 3.73. The molecule has 84 valence electrons. The van der Waals surface area contributed by atoms with Crippen LogP contribution in [0.15, 0.2) is 6.20 Å². The number of hydrogen-bond acceptors (Lipinski definition) is 4. The summed E-state index contributed by atoms with van der Waals surface area (Å²) in [7, 11) is 1.88. The zero-order valence-corrected chi connectivity index (χ0v) is 9.47. The van der Waals surface area contributed by atoms with E-state index in [1.807, 2.05) is 13.2 Å². The Hall–Kier alpha value is -1.23. The van der Waals surface area contributed by atoms with Gasteiger partial charge >= 0.3 is 0 Å². The first kappa shape index (κ1) is 10.3. The lowest BCUT2D eigenvalue weighted by atomic mass is 10.2. The molecule has 1 saturated heterocycles. The molecule has 2 atom stereocenters. The van der Waals surface area contributed by atoms with E-state index >= 15 is 0 Å². The van der Waals surface area contributed by atoms with E-state index in [4.69, 9.17) is 10.5 Å². The van der Waals surface area contributed by atoms with Crippen molar-refractivity contribution < 1.29 is 4.74 Å². The number of nitrogens with zero attached hydrogens (tertiary/aromatic N) is 3. The Labute approximate surface area is 89.8 Å². The van der Waals surface area contributed by atoms with Crippen LogP contribution in [0.2, 0.25) is 0 Å². The smallest absolute Gasteiger partial charge is 0.174 e. The van der Waals surface area contributed by atoms with Crippen LogP contribution in [-0.4, -0.2) is 35.1 Å². The number of ether oxygens (including phenoxy) is 1. The summed E-state index contributed by atoms with van der Waals surface area (Å²) >= 11 is 0. The Bertz CT molecular complexity index is 349. The van der Waals surface area contributed by atoms with Crippen LogP contribution in [0.25, 0.3) is 0 Å². The average molecular weight is 210 g/mol. The SMILES string of the molecule is CC1CN(c2nn(C)cc2N)C(C)CO1. The molecule has 2 N–H and O–H groups in total. The van der Waals surface area contributed by atoms with Gasteiger partial charge in [-0.2, -0.15) is 5.10 Å². The maximum atomic E-state index is 5.91. The lowest BCUT2D eigenvalue weighted by Crippen LogP contribution is -2.47. The molecule has 1 aliphatic heterocycles. The van der Waals surface area contributed by atoms with Gasteiger partial charge in [0.15, 0.2) is 5.82 Å². The van der Waals surface area contributed by atoms with Gasteiger partial charge in [-0.15, -0.1) is 0 Å². The number of aromatic nitrogens is 2. The molecule has 1 aromatic rings. The molecule has 0 bridgehead atoms. The first-order valence-corrected chi connectivity index (χ1v) is 5.25. The number of anilines is 2. The highest BCUT2D eigenvalue weighted by atomic mass is 16.5. The zero-order valence-electron chi connectivity index (χ0n) is 9.47. The van der Waals surface area contributed by atoms with Crippen molar-refractivity contribution in [1.82, 2.24) is 9.78 Å². The van der Waals surface area contributed by atoms with Crippen LogP contribution in [0.1, 0.15) is 13.8 Å².